The maximum absolute atomic E-state index is 10.4. The molecular formula is C9H9NO3. The Bertz CT molecular complexity index is 335. The molecule has 0 aromatic carbocycles. The van der Waals surface area contributed by atoms with Gasteiger partial charge in [-0.3, -0.25) is 0 Å². The highest BCUT2D eigenvalue weighted by atomic mass is 16.4. The third-order valence-electron chi connectivity index (χ3n) is 1.39. The lowest BCUT2D eigenvalue weighted by molar-refractivity contribution is 0.0663. The summed E-state index contributed by atoms with van der Waals surface area (Å²) in [5.41, 5.74) is 0. The third-order valence-corrected chi connectivity index (χ3v) is 1.39. The average Bonchev–Trinajstić information content (AvgIpc) is 2.53. The minimum Gasteiger partial charge on any atom is -0.475 e. The Morgan fingerprint density at radius 3 is 3.00 bits per heavy atom. The maximum Gasteiger partial charge on any atom is 0.371 e. The molecular weight excluding hydrogens is 170 g/mol. The van der Waals surface area contributed by atoms with E-state index in [1.54, 1.807) is 6.07 Å². The minimum atomic E-state index is -1.08. The standard InChI is InChI=1S/C9H9NO3/c1-2-3-6-10-8-5-4-7(13-8)9(11)12/h1,4-5,10H,3,6H2,(H,11,12). The predicted molar refractivity (Wildman–Crippen MR) is 47.6 cm³/mol. The highest BCUT2D eigenvalue weighted by Crippen LogP contribution is 2.12. The summed E-state index contributed by atoms with van der Waals surface area (Å²) in [5.74, 6) is 1.71. The second-order valence-electron chi connectivity index (χ2n) is 2.35. The van der Waals surface area contributed by atoms with Gasteiger partial charge in [0.25, 0.3) is 0 Å². The van der Waals surface area contributed by atoms with E-state index in [0.29, 0.717) is 18.8 Å². The van der Waals surface area contributed by atoms with Crippen LogP contribution in [0.25, 0.3) is 0 Å². The molecule has 1 rings (SSSR count). The largest absolute Gasteiger partial charge is 0.475 e. The number of carbonyl (C=O) groups is 1. The van der Waals surface area contributed by atoms with Crippen molar-refractivity contribution in [3.8, 4) is 12.3 Å². The first-order valence-electron chi connectivity index (χ1n) is 3.74. The molecule has 0 aliphatic heterocycles. The molecule has 0 saturated carbocycles. The van der Waals surface area contributed by atoms with E-state index in [2.05, 4.69) is 11.2 Å². The average molecular weight is 179 g/mol. The first kappa shape index (κ1) is 9.20. The molecule has 2 N–H and O–H groups in total. The molecule has 0 spiro atoms. The molecule has 0 fully saturated rings. The van der Waals surface area contributed by atoms with Gasteiger partial charge >= 0.3 is 5.97 Å². The molecule has 0 aliphatic rings. The molecule has 0 atom stereocenters. The smallest absolute Gasteiger partial charge is 0.371 e. The van der Waals surface area contributed by atoms with E-state index in [9.17, 15) is 4.79 Å². The second kappa shape index (κ2) is 4.21. The Hall–Kier alpha value is -1.89. The fraction of sp³-hybridized carbons (Fsp3) is 0.222. The van der Waals surface area contributed by atoms with Crippen LogP contribution in [0.5, 0.6) is 0 Å². The minimum absolute atomic E-state index is 0.0804. The van der Waals surface area contributed by atoms with E-state index in [1.165, 1.54) is 6.07 Å². The van der Waals surface area contributed by atoms with E-state index in [4.69, 9.17) is 15.9 Å². The van der Waals surface area contributed by atoms with Crippen LogP contribution in [0.4, 0.5) is 5.88 Å². The van der Waals surface area contributed by atoms with Crippen LogP contribution >= 0.6 is 0 Å². The van der Waals surface area contributed by atoms with E-state index < -0.39 is 5.97 Å². The fourth-order valence-corrected chi connectivity index (χ4v) is 0.806. The molecule has 68 valence electrons. The second-order valence-corrected chi connectivity index (χ2v) is 2.35. The Morgan fingerprint density at radius 1 is 1.69 bits per heavy atom. The van der Waals surface area contributed by atoms with E-state index >= 15 is 0 Å². The molecule has 1 aromatic rings. The number of carboxylic acid groups (broad SMARTS) is 1. The number of nitrogens with one attached hydrogen (secondary N) is 1. The summed E-state index contributed by atoms with van der Waals surface area (Å²) in [6.07, 6.45) is 5.60. The van der Waals surface area contributed by atoms with Crippen molar-refractivity contribution in [2.24, 2.45) is 0 Å². The van der Waals surface area contributed by atoms with Crippen molar-refractivity contribution >= 4 is 11.9 Å². The summed E-state index contributed by atoms with van der Waals surface area (Å²) in [6.45, 7) is 0.572. The summed E-state index contributed by atoms with van der Waals surface area (Å²) in [6, 6.07) is 2.94. The molecule has 1 aromatic heterocycles. The molecule has 13 heavy (non-hydrogen) atoms. The van der Waals surface area contributed by atoms with Gasteiger partial charge in [0.2, 0.25) is 5.76 Å². The van der Waals surface area contributed by atoms with Crippen LogP contribution in [0.3, 0.4) is 0 Å². The Morgan fingerprint density at radius 2 is 2.46 bits per heavy atom. The Balaban J connectivity index is 2.50. The SMILES string of the molecule is C#CCCNc1ccc(C(=O)O)o1. The lowest BCUT2D eigenvalue weighted by Gasteiger charge is -1.97. The number of anilines is 1. The predicted octanol–water partition coefficient (Wildman–Crippen LogP) is 1.41. The Kier molecular flexibility index (Phi) is 2.98. The number of furan rings is 1. The van der Waals surface area contributed by atoms with Crippen LogP contribution in [0, 0.1) is 12.3 Å². The van der Waals surface area contributed by atoms with Gasteiger partial charge in [0.1, 0.15) is 0 Å². The van der Waals surface area contributed by atoms with Crippen molar-refractivity contribution in [3.05, 3.63) is 17.9 Å². The van der Waals surface area contributed by atoms with Crippen molar-refractivity contribution in [1.29, 1.82) is 0 Å². The summed E-state index contributed by atoms with van der Waals surface area (Å²) in [7, 11) is 0. The van der Waals surface area contributed by atoms with Gasteiger partial charge in [0.15, 0.2) is 5.88 Å². The van der Waals surface area contributed by atoms with Gasteiger partial charge in [-0.25, -0.2) is 4.79 Å². The molecule has 0 aliphatic carbocycles. The van der Waals surface area contributed by atoms with Crippen molar-refractivity contribution in [2.75, 3.05) is 11.9 Å². The number of terminal acetylenes is 1. The zero-order valence-corrected chi connectivity index (χ0v) is 6.91. The number of hydrogen-bond acceptors (Lipinski definition) is 3. The van der Waals surface area contributed by atoms with E-state index in [-0.39, 0.29) is 5.76 Å². The molecule has 4 nitrogen and oxygen atoms in total. The topological polar surface area (TPSA) is 62.5 Å². The van der Waals surface area contributed by atoms with Gasteiger partial charge in [-0.15, -0.1) is 12.3 Å². The van der Waals surface area contributed by atoms with Gasteiger partial charge in [0.05, 0.1) is 0 Å². The van der Waals surface area contributed by atoms with Crippen LogP contribution < -0.4 is 5.32 Å². The van der Waals surface area contributed by atoms with Crippen LogP contribution in [-0.4, -0.2) is 17.6 Å². The maximum atomic E-state index is 10.4. The van der Waals surface area contributed by atoms with Gasteiger partial charge < -0.3 is 14.8 Å². The number of carboxylic acids is 1. The van der Waals surface area contributed by atoms with Gasteiger partial charge in [-0.1, -0.05) is 0 Å². The van der Waals surface area contributed by atoms with Gasteiger partial charge in [-0.05, 0) is 6.07 Å². The van der Waals surface area contributed by atoms with E-state index in [1.807, 2.05) is 0 Å². The van der Waals surface area contributed by atoms with Crippen LogP contribution in [0.15, 0.2) is 16.5 Å². The lowest BCUT2D eigenvalue weighted by atomic mass is 10.4. The molecule has 0 bridgehead atoms. The molecule has 0 amide bonds. The van der Waals surface area contributed by atoms with Gasteiger partial charge in [0, 0.05) is 19.0 Å². The zero-order chi connectivity index (χ0) is 9.68. The fourth-order valence-electron chi connectivity index (χ4n) is 0.806. The molecule has 0 unspecified atom stereocenters. The molecule has 0 radical (unpaired) electrons. The Labute approximate surface area is 75.6 Å². The first-order valence-corrected chi connectivity index (χ1v) is 3.74. The van der Waals surface area contributed by atoms with Crippen molar-refractivity contribution in [1.82, 2.24) is 0 Å². The van der Waals surface area contributed by atoms with Crippen molar-refractivity contribution in [3.63, 3.8) is 0 Å². The summed E-state index contributed by atoms with van der Waals surface area (Å²) in [4.78, 5) is 10.4. The molecule has 4 heteroatoms. The van der Waals surface area contributed by atoms with Crippen LogP contribution in [0.2, 0.25) is 0 Å². The summed E-state index contributed by atoms with van der Waals surface area (Å²) in [5, 5.41) is 11.4. The normalized spacial score (nSPS) is 9.15. The summed E-state index contributed by atoms with van der Waals surface area (Å²) < 4.78 is 4.91. The van der Waals surface area contributed by atoms with Crippen molar-refractivity contribution < 1.29 is 14.3 Å². The number of rotatable bonds is 4. The highest BCUT2D eigenvalue weighted by Gasteiger charge is 2.07. The monoisotopic (exact) mass is 179 g/mol. The van der Waals surface area contributed by atoms with Gasteiger partial charge in [-0.2, -0.15) is 0 Å². The zero-order valence-electron chi connectivity index (χ0n) is 6.91. The summed E-state index contributed by atoms with van der Waals surface area (Å²) >= 11 is 0. The third kappa shape index (κ3) is 2.56. The lowest BCUT2D eigenvalue weighted by Crippen LogP contribution is -1.98. The van der Waals surface area contributed by atoms with E-state index in [0.717, 1.165) is 0 Å². The molecule has 1 heterocycles. The molecule has 0 saturated heterocycles. The quantitative estimate of drug-likeness (QED) is 0.542. The number of hydrogen-bond donors (Lipinski definition) is 2. The van der Waals surface area contributed by atoms with Crippen LogP contribution in [0.1, 0.15) is 17.0 Å². The highest BCUT2D eigenvalue weighted by molar-refractivity contribution is 5.84. The van der Waals surface area contributed by atoms with Crippen molar-refractivity contribution in [2.45, 2.75) is 6.42 Å². The van der Waals surface area contributed by atoms with Crippen LogP contribution in [-0.2, 0) is 0 Å². The first-order chi connectivity index (χ1) is 6.24. The number of aromatic carboxylic acids is 1.